The molecular weight excluding hydrogens is 316 g/mol. The van der Waals surface area contributed by atoms with E-state index < -0.39 is 0 Å². The summed E-state index contributed by atoms with van der Waals surface area (Å²) in [4.78, 5) is 18.2. The molecule has 0 saturated carbocycles. The molecule has 4 rings (SSSR count). The van der Waals surface area contributed by atoms with Crippen molar-refractivity contribution in [1.29, 1.82) is 0 Å². The predicted octanol–water partition coefficient (Wildman–Crippen LogP) is 4.44. The normalized spacial score (nSPS) is 17.7. The van der Waals surface area contributed by atoms with Gasteiger partial charge in [0.15, 0.2) is 5.78 Å². The number of nitrogen functional groups attached to an aromatic ring is 1. The second-order valence-corrected chi connectivity index (χ2v) is 6.90. The minimum absolute atomic E-state index is 0.0827. The van der Waals surface area contributed by atoms with Crippen molar-refractivity contribution in [1.82, 2.24) is 4.98 Å². The average Bonchev–Trinajstić information content (AvgIpc) is 2.96. The topological polar surface area (TPSA) is 56.0 Å². The Bertz CT molecular complexity index is 886. The van der Waals surface area contributed by atoms with E-state index in [0.29, 0.717) is 22.7 Å². The van der Waals surface area contributed by atoms with Crippen molar-refractivity contribution >= 4 is 44.6 Å². The molecule has 0 aliphatic heterocycles. The molecule has 0 bridgehead atoms. The first kappa shape index (κ1) is 13.7. The number of benzene rings is 1. The summed E-state index contributed by atoms with van der Waals surface area (Å²) in [5.74, 6) is 0.223. The molecule has 0 amide bonds. The number of fused-ring (bicyclic) bond motifs is 2. The summed E-state index contributed by atoms with van der Waals surface area (Å²) in [7, 11) is 0. The molecule has 22 heavy (non-hydrogen) atoms. The molecule has 3 aromatic rings. The van der Waals surface area contributed by atoms with E-state index in [2.05, 4.69) is 4.98 Å². The predicted molar refractivity (Wildman–Crippen MR) is 90.9 cm³/mol. The number of hydrogen-bond acceptors (Lipinski definition) is 4. The Labute approximate surface area is 136 Å². The van der Waals surface area contributed by atoms with Gasteiger partial charge in [-0.05, 0) is 41.5 Å². The molecule has 1 aliphatic rings. The lowest BCUT2D eigenvalue weighted by atomic mass is 9.81. The molecule has 2 heterocycles. The Balaban J connectivity index is 1.81. The van der Waals surface area contributed by atoms with Crippen molar-refractivity contribution in [2.45, 2.75) is 18.8 Å². The van der Waals surface area contributed by atoms with Crippen molar-refractivity contribution in [2.75, 3.05) is 5.73 Å². The van der Waals surface area contributed by atoms with Crippen molar-refractivity contribution in [3.05, 3.63) is 57.6 Å². The molecule has 0 spiro atoms. The number of thiophene rings is 1. The quantitative estimate of drug-likeness (QED) is 0.718. The highest BCUT2D eigenvalue weighted by molar-refractivity contribution is 7.16. The number of halogens is 1. The van der Waals surface area contributed by atoms with Gasteiger partial charge in [0, 0.05) is 16.8 Å². The summed E-state index contributed by atoms with van der Waals surface area (Å²) in [5.41, 5.74) is 9.36. The van der Waals surface area contributed by atoms with E-state index >= 15 is 0 Å². The second-order valence-electron chi connectivity index (χ2n) is 5.57. The zero-order chi connectivity index (χ0) is 15.3. The summed E-state index contributed by atoms with van der Waals surface area (Å²) in [6.45, 7) is 0. The SMILES string of the molecule is Nc1c2c(nc3sccc13)CC(c1ccc(Cl)cc1)CC2=O. The largest absolute Gasteiger partial charge is 0.398 e. The van der Waals surface area contributed by atoms with E-state index in [1.807, 2.05) is 35.7 Å². The summed E-state index contributed by atoms with van der Waals surface area (Å²) in [6.07, 6.45) is 1.21. The number of carbonyl (C=O) groups excluding carboxylic acids is 1. The van der Waals surface area contributed by atoms with Crippen LogP contribution >= 0.6 is 22.9 Å². The molecule has 5 heteroatoms. The smallest absolute Gasteiger partial charge is 0.167 e. The fourth-order valence-electron chi connectivity index (χ4n) is 3.12. The van der Waals surface area contributed by atoms with Crippen molar-refractivity contribution in [3.8, 4) is 0 Å². The fourth-order valence-corrected chi connectivity index (χ4v) is 4.05. The van der Waals surface area contributed by atoms with Crippen LogP contribution in [0.5, 0.6) is 0 Å². The molecule has 3 nitrogen and oxygen atoms in total. The maximum absolute atomic E-state index is 12.6. The highest BCUT2D eigenvalue weighted by atomic mass is 35.5. The van der Waals surface area contributed by atoms with Crippen LogP contribution in [0.4, 0.5) is 5.69 Å². The van der Waals surface area contributed by atoms with Gasteiger partial charge in [-0.2, -0.15) is 0 Å². The van der Waals surface area contributed by atoms with E-state index in [9.17, 15) is 4.79 Å². The monoisotopic (exact) mass is 328 g/mol. The highest BCUT2D eigenvalue weighted by Crippen LogP contribution is 2.38. The number of nitrogens with zero attached hydrogens (tertiary/aromatic N) is 1. The van der Waals surface area contributed by atoms with Crippen LogP contribution in [-0.4, -0.2) is 10.8 Å². The van der Waals surface area contributed by atoms with Crippen LogP contribution in [0.25, 0.3) is 10.2 Å². The number of pyridine rings is 1. The zero-order valence-electron chi connectivity index (χ0n) is 11.7. The van der Waals surface area contributed by atoms with Crippen molar-refractivity contribution in [3.63, 3.8) is 0 Å². The van der Waals surface area contributed by atoms with Gasteiger partial charge in [0.1, 0.15) is 4.83 Å². The second kappa shape index (κ2) is 5.07. The van der Waals surface area contributed by atoms with Crippen LogP contribution in [0.3, 0.4) is 0 Å². The number of aromatic nitrogens is 1. The third-order valence-corrected chi connectivity index (χ3v) is 5.28. The Morgan fingerprint density at radius 1 is 1.18 bits per heavy atom. The summed E-state index contributed by atoms with van der Waals surface area (Å²) < 4.78 is 0. The number of Topliss-reactive ketones (excluding diaryl/α,β-unsaturated/α-hetero) is 1. The van der Waals surface area contributed by atoms with Gasteiger partial charge in [0.05, 0.1) is 16.9 Å². The third kappa shape index (κ3) is 2.11. The van der Waals surface area contributed by atoms with Crippen molar-refractivity contribution < 1.29 is 4.79 Å². The first-order chi connectivity index (χ1) is 10.6. The van der Waals surface area contributed by atoms with Crippen LogP contribution < -0.4 is 5.73 Å². The maximum atomic E-state index is 12.6. The lowest BCUT2D eigenvalue weighted by Crippen LogP contribution is -2.21. The molecule has 110 valence electrons. The molecule has 2 aromatic heterocycles. The van der Waals surface area contributed by atoms with Crippen LogP contribution in [0, 0.1) is 0 Å². The Morgan fingerprint density at radius 3 is 2.73 bits per heavy atom. The van der Waals surface area contributed by atoms with Crippen LogP contribution in [0.15, 0.2) is 35.7 Å². The third-order valence-electron chi connectivity index (χ3n) is 4.22. The number of anilines is 1. The van der Waals surface area contributed by atoms with Gasteiger partial charge in [-0.3, -0.25) is 4.79 Å². The van der Waals surface area contributed by atoms with Gasteiger partial charge in [-0.25, -0.2) is 4.98 Å². The number of nitrogens with two attached hydrogens (primary N) is 1. The van der Waals surface area contributed by atoms with E-state index in [1.54, 1.807) is 11.3 Å². The lowest BCUT2D eigenvalue weighted by Gasteiger charge is -2.24. The summed E-state index contributed by atoms with van der Waals surface area (Å²) in [6, 6.07) is 9.63. The summed E-state index contributed by atoms with van der Waals surface area (Å²) >= 11 is 7.49. The van der Waals surface area contributed by atoms with Gasteiger partial charge in [0.25, 0.3) is 0 Å². The van der Waals surface area contributed by atoms with Crippen molar-refractivity contribution in [2.24, 2.45) is 0 Å². The fraction of sp³-hybridized carbons (Fsp3) is 0.176. The molecule has 2 N–H and O–H groups in total. The number of rotatable bonds is 1. The Morgan fingerprint density at radius 2 is 1.95 bits per heavy atom. The van der Waals surface area contributed by atoms with Gasteiger partial charge < -0.3 is 5.73 Å². The maximum Gasteiger partial charge on any atom is 0.167 e. The molecule has 0 fully saturated rings. The highest BCUT2D eigenvalue weighted by Gasteiger charge is 2.30. The lowest BCUT2D eigenvalue weighted by molar-refractivity contribution is 0.0964. The van der Waals surface area contributed by atoms with Gasteiger partial charge in [-0.1, -0.05) is 23.7 Å². The molecule has 0 saturated heterocycles. The molecular formula is C17H13ClN2OS. The first-order valence-corrected chi connectivity index (χ1v) is 8.33. The number of hydrogen-bond donors (Lipinski definition) is 1. The summed E-state index contributed by atoms with van der Waals surface area (Å²) in [5, 5.41) is 3.55. The van der Waals surface area contributed by atoms with E-state index in [0.717, 1.165) is 27.9 Å². The van der Waals surface area contributed by atoms with Crippen LogP contribution in [0.1, 0.15) is 34.0 Å². The van der Waals surface area contributed by atoms with E-state index in [4.69, 9.17) is 17.3 Å². The van der Waals surface area contributed by atoms with Gasteiger partial charge in [0.2, 0.25) is 0 Å². The minimum atomic E-state index is 0.0827. The molecule has 0 radical (unpaired) electrons. The zero-order valence-corrected chi connectivity index (χ0v) is 13.2. The standard InChI is InChI=1S/C17H13ClN2OS/c18-11-3-1-9(2-4-11)10-7-13-15(14(21)8-10)16(19)12-5-6-22-17(12)20-13/h1-6,10H,7-8H2,(H2,19,20). The molecule has 1 atom stereocenters. The molecule has 1 aromatic carbocycles. The molecule has 1 unspecified atom stereocenters. The Hall–Kier alpha value is -1.91. The van der Waals surface area contributed by atoms with E-state index in [1.165, 1.54) is 0 Å². The van der Waals surface area contributed by atoms with Crippen LogP contribution in [-0.2, 0) is 6.42 Å². The molecule has 1 aliphatic carbocycles. The van der Waals surface area contributed by atoms with Crippen LogP contribution in [0.2, 0.25) is 5.02 Å². The van der Waals surface area contributed by atoms with E-state index in [-0.39, 0.29) is 11.7 Å². The first-order valence-electron chi connectivity index (χ1n) is 7.07. The Kier molecular flexibility index (Phi) is 3.17. The van der Waals surface area contributed by atoms with Gasteiger partial charge in [-0.15, -0.1) is 11.3 Å². The average molecular weight is 329 g/mol. The number of carbonyl (C=O) groups is 1. The minimum Gasteiger partial charge on any atom is -0.398 e. The van der Waals surface area contributed by atoms with Gasteiger partial charge >= 0.3 is 0 Å². The number of ketones is 1.